The highest BCUT2D eigenvalue weighted by atomic mass is 32.1. The summed E-state index contributed by atoms with van der Waals surface area (Å²) in [6, 6.07) is 2.68. The van der Waals surface area contributed by atoms with Gasteiger partial charge in [-0.25, -0.2) is 4.98 Å². The average molecular weight is 278 g/mol. The molecule has 104 valence electrons. The van der Waals surface area contributed by atoms with Crippen molar-refractivity contribution >= 4 is 33.3 Å². The van der Waals surface area contributed by atoms with Crippen molar-refractivity contribution in [2.24, 2.45) is 0 Å². The minimum absolute atomic E-state index is 0.466. The van der Waals surface area contributed by atoms with E-state index in [1.165, 1.54) is 4.88 Å². The lowest BCUT2D eigenvalue weighted by Crippen LogP contribution is -2.18. The fraction of sp³-hybridized carbons (Fsp3) is 0.571. The molecule has 2 heterocycles. The van der Waals surface area contributed by atoms with Crippen LogP contribution >= 0.6 is 11.3 Å². The Labute approximate surface area is 118 Å². The quantitative estimate of drug-likeness (QED) is 0.841. The summed E-state index contributed by atoms with van der Waals surface area (Å²) in [5, 5.41) is 7.74. The number of nitrogens with one attached hydrogen (secondary N) is 2. The minimum Gasteiger partial charge on any atom is -0.367 e. The average Bonchev–Trinajstić information content (AvgIpc) is 2.87. The molecule has 0 amide bonds. The Balaban J connectivity index is 2.46. The van der Waals surface area contributed by atoms with Crippen molar-refractivity contribution in [2.75, 3.05) is 17.7 Å². The molecule has 0 aliphatic heterocycles. The molecule has 5 heteroatoms. The van der Waals surface area contributed by atoms with Gasteiger partial charge in [-0.2, -0.15) is 4.98 Å². The molecule has 19 heavy (non-hydrogen) atoms. The topological polar surface area (TPSA) is 49.8 Å². The molecule has 0 radical (unpaired) electrons. The van der Waals surface area contributed by atoms with Gasteiger partial charge in [0, 0.05) is 18.0 Å². The van der Waals surface area contributed by atoms with Gasteiger partial charge in [-0.3, -0.25) is 0 Å². The maximum atomic E-state index is 4.58. The highest BCUT2D eigenvalue weighted by molar-refractivity contribution is 7.18. The molecule has 2 rings (SSSR count). The number of hydrogen-bond acceptors (Lipinski definition) is 5. The number of anilines is 2. The highest BCUT2D eigenvalue weighted by Gasteiger charge is 2.13. The molecule has 2 aromatic rings. The van der Waals surface area contributed by atoms with Crippen molar-refractivity contribution in [3.63, 3.8) is 0 Å². The zero-order valence-electron chi connectivity index (χ0n) is 12.1. The predicted molar refractivity (Wildman–Crippen MR) is 84.3 cm³/mol. The largest absolute Gasteiger partial charge is 0.367 e. The van der Waals surface area contributed by atoms with Crippen molar-refractivity contribution in [1.82, 2.24) is 9.97 Å². The van der Waals surface area contributed by atoms with Crippen LogP contribution < -0.4 is 10.6 Å². The summed E-state index contributed by atoms with van der Waals surface area (Å²) in [5.41, 5.74) is 0. The summed E-state index contributed by atoms with van der Waals surface area (Å²) in [6.45, 7) is 6.57. The SMILES string of the molecule is CCc1cc2c(NC(CC)CC)nc(NC)nc2s1. The summed E-state index contributed by atoms with van der Waals surface area (Å²) in [7, 11) is 1.86. The van der Waals surface area contributed by atoms with Gasteiger partial charge in [-0.05, 0) is 25.3 Å². The minimum atomic E-state index is 0.466. The second-order valence-electron chi connectivity index (χ2n) is 4.59. The fourth-order valence-corrected chi connectivity index (χ4v) is 3.02. The van der Waals surface area contributed by atoms with Gasteiger partial charge in [0.1, 0.15) is 10.6 Å². The van der Waals surface area contributed by atoms with Gasteiger partial charge >= 0.3 is 0 Å². The van der Waals surface area contributed by atoms with Crippen LogP contribution in [0.15, 0.2) is 6.07 Å². The molecule has 0 spiro atoms. The van der Waals surface area contributed by atoms with Gasteiger partial charge in [0.05, 0.1) is 5.39 Å². The first kappa shape index (κ1) is 14.1. The van der Waals surface area contributed by atoms with Crippen molar-refractivity contribution in [3.05, 3.63) is 10.9 Å². The van der Waals surface area contributed by atoms with E-state index >= 15 is 0 Å². The van der Waals surface area contributed by atoms with Crippen LogP contribution in [0.3, 0.4) is 0 Å². The Morgan fingerprint density at radius 3 is 2.53 bits per heavy atom. The summed E-state index contributed by atoms with van der Waals surface area (Å²) >= 11 is 1.75. The maximum Gasteiger partial charge on any atom is 0.225 e. The number of rotatable bonds is 6. The van der Waals surface area contributed by atoms with Crippen LogP contribution in [-0.4, -0.2) is 23.1 Å². The second kappa shape index (κ2) is 6.19. The predicted octanol–water partition coefficient (Wildman–Crippen LogP) is 3.90. The Hall–Kier alpha value is -1.36. The molecule has 0 aliphatic carbocycles. The molecule has 0 fully saturated rings. The number of aryl methyl sites for hydroxylation is 1. The zero-order chi connectivity index (χ0) is 13.8. The summed E-state index contributed by atoms with van der Waals surface area (Å²) in [5.74, 6) is 1.64. The third-order valence-corrected chi connectivity index (χ3v) is 4.52. The van der Waals surface area contributed by atoms with E-state index in [1.807, 2.05) is 7.05 Å². The fourth-order valence-electron chi connectivity index (χ4n) is 2.05. The lowest BCUT2D eigenvalue weighted by molar-refractivity contribution is 0.669. The third kappa shape index (κ3) is 2.97. The van der Waals surface area contributed by atoms with Crippen LogP contribution in [0.1, 0.15) is 38.5 Å². The smallest absolute Gasteiger partial charge is 0.225 e. The molecule has 4 nitrogen and oxygen atoms in total. The van der Waals surface area contributed by atoms with Crippen LogP contribution in [0.2, 0.25) is 0 Å². The second-order valence-corrected chi connectivity index (χ2v) is 5.70. The number of aromatic nitrogens is 2. The Bertz CT molecular complexity index is 546. The van der Waals surface area contributed by atoms with Crippen molar-refractivity contribution in [3.8, 4) is 0 Å². The van der Waals surface area contributed by atoms with E-state index < -0.39 is 0 Å². The van der Waals surface area contributed by atoms with E-state index in [0.717, 1.165) is 35.3 Å². The first-order chi connectivity index (χ1) is 9.21. The summed E-state index contributed by atoms with van der Waals surface area (Å²) < 4.78 is 0. The maximum absolute atomic E-state index is 4.58. The number of nitrogens with zero attached hydrogens (tertiary/aromatic N) is 2. The van der Waals surface area contributed by atoms with Crippen LogP contribution in [0.4, 0.5) is 11.8 Å². The number of hydrogen-bond donors (Lipinski definition) is 2. The zero-order valence-corrected chi connectivity index (χ0v) is 12.9. The van der Waals surface area contributed by atoms with Gasteiger partial charge in [-0.15, -0.1) is 11.3 Å². The Kier molecular flexibility index (Phi) is 4.58. The molecule has 0 aliphatic rings. The molecule has 0 aromatic carbocycles. The molecule has 2 N–H and O–H groups in total. The first-order valence-electron chi connectivity index (χ1n) is 6.96. The van der Waals surface area contributed by atoms with E-state index in [0.29, 0.717) is 12.0 Å². The van der Waals surface area contributed by atoms with Crippen LogP contribution in [0.25, 0.3) is 10.2 Å². The standard InChI is InChI=1S/C14H22N4S/c1-5-9(6-2)16-12-11-8-10(7-3)19-13(11)18-14(15-4)17-12/h8-9H,5-7H2,1-4H3,(H2,15,16,17,18). The summed E-state index contributed by atoms with van der Waals surface area (Å²) in [4.78, 5) is 11.5. The highest BCUT2D eigenvalue weighted by Crippen LogP contribution is 2.31. The number of fused-ring (bicyclic) bond motifs is 1. The molecule has 0 atom stereocenters. The Morgan fingerprint density at radius 2 is 1.95 bits per heavy atom. The first-order valence-corrected chi connectivity index (χ1v) is 7.78. The molecule has 0 saturated heterocycles. The van der Waals surface area contributed by atoms with Crippen LogP contribution in [0.5, 0.6) is 0 Å². The van der Waals surface area contributed by atoms with Crippen molar-refractivity contribution in [2.45, 2.75) is 46.1 Å². The van der Waals surface area contributed by atoms with Crippen molar-refractivity contribution in [1.29, 1.82) is 0 Å². The third-order valence-electron chi connectivity index (χ3n) is 3.34. The van der Waals surface area contributed by atoms with Gasteiger partial charge in [-0.1, -0.05) is 20.8 Å². The summed E-state index contributed by atoms with van der Waals surface area (Å²) in [6.07, 6.45) is 3.24. The van der Waals surface area contributed by atoms with Gasteiger partial charge < -0.3 is 10.6 Å². The lowest BCUT2D eigenvalue weighted by atomic mass is 10.1. The number of thiophene rings is 1. The Morgan fingerprint density at radius 1 is 1.21 bits per heavy atom. The molecule has 2 aromatic heterocycles. The van der Waals surface area contributed by atoms with E-state index in [9.17, 15) is 0 Å². The molecule has 0 saturated carbocycles. The van der Waals surface area contributed by atoms with E-state index in [4.69, 9.17) is 0 Å². The van der Waals surface area contributed by atoms with Gasteiger partial charge in [0.15, 0.2) is 0 Å². The van der Waals surface area contributed by atoms with E-state index in [2.05, 4.69) is 47.4 Å². The van der Waals surface area contributed by atoms with E-state index in [-0.39, 0.29) is 0 Å². The molecule has 0 bridgehead atoms. The van der Waals surface area contributed by atoms with Gasteiger partial charge in [0.2, 0.25) is 5.95 Å². The molecule has 0 unspecified atom stereocenters. The van der Waals surface area contributed by atoms with Crippen molar-refractivity contribution < 1.29 is 0 Å². The van der Waals surface area contributed by atoms with Crippen LogP contribution in [0, 0.1) is 0 Å². The van der Waals surface area contributed by atoms with Gasteiger partial charge in [0.25, 0.3) is 0 Å². The van der Waals surface area contributed by atoms with E-state index in [1.54, 1.807) is 11.3 Å². The normalized spacial score (nSPS) is 11.2. The lowest BCUT2D eigenvalue weighted by Gasteiger charge is -2.16. The monoisotopic (exact) mass is 278 g/mol. The van der Waals surface area contributed by atoms with Crippen LogP contribution in [-0.2, 0) is 6.42 Å². The molecular weight excluding hydrogens is 256 g/mol. The molecular formula is C14H22N4S.